The minimum atomic E-state index is -0.918. The second kappa shape index (κ2) is 6.69. The van der Waals surface area contributed by atoms with Crippen LogP contribution in [0.25, 0.3) is 15.3 Å². The van der Waals surface area contributed by atoms with Crippen LogP contribution in [0, 0.1) is 11.3 Å². The summed E-state index contributed by atoms with van der Waals surface area (Å²) in [5, 5.41) is 22.8. The third-order valence-electron chi connectivity index (χ3n) is 4.13. The maximum Gasteiger partial charge on any atom is 0.337 e. The van der Waals surface area contributed by atoms with E-state index >= 15 is 0 Å². The second-order valence-electron chi connectivity index (χ2n) is 5.60. The molecule has 118 valence electrons. The fraction of sp³-hybridized carbons (Fsp3) is 0.333. The number of allylic oxidation sites excluding steroid dienone is 1. The van der Waals surface area contributed by atoms with Gasteiger partial charge in [0.2, 0.25) is 0 Å². The van der Waals surface area contributed by atoms with Gasteiger partial charge < -0.3 is 5.11 Å². The van der Waals surface area contributed by atoms with Crippen molar-refractivity contribution in [1.29, 1.82) is 5.26 Å². The van der Waals surface area contributed by atoms with Crippen molar-refractivity contribution in [2.75, 3.05) is 0 Å². The predicted molar refractivity (Wildman–Crippen MR) is 95.0 cm³/mol. The number of hydrogen-bond acceptors (Lipinski definition) is 4. The number of carboxylic acids is 1. The first-order valence-electron chi connectivity index (χ1n) is 7.75. The van der Waals surface area contributed by atoms with Crippen molar-refractivity contribution in [3.63, 3.8) is 0 Å². The predicted octanol–water partition coefficient (Wildman–Crippen LogP) is 5.78. The van der Waals surface area contributed by atoms with E-state index in [9.17, 15) is 15.2 Å². The van der Waals surface area contributed by atoms with Gasteiger partial charge in [-0.15, -0.1) is 22.7 Å². The Kier molecular flexibility index (Phi) is 4.65. The third-order valence-corrected chi connectivity index (χ3v) is 6.19. The summed E-state index contributed by atoms with van der Waals surface area (Å²) in [7, 11) is 0. The lowest BCUT2D eigenvalue weighted by Gasteiger charge is -2.07. The van der Waals surface area contributed by atoms with Gasteiger partial charge in [0.15, 0.2) is 0 Å². The van der Waals surface area contributed by atoms with Crippen LogP contribution >= 0.6 is 22.7 Å². The Morgan fingerprint density at radius 1 is 1.26 bits per heavy atom. The van der Waals surface area contributed by atoms with Crippen molar-refractivity contribution < 1.29 is 9.90 Å². The molecule has 1 aliphatic carbocycles. The number of carbonyl (C=O) groups is 1. The molecule has 0 unspecified atom stereocenters. The quantitative estimate of drug-likeness (QED) is 0.455. The standard InChI is InChI=1S/C18H17NO2S2/c1-2-3-4-5-6-11(9-19)14-12-7-8-22-16(12)17-15(14)13(10-23-17)18(20)21/h7-8,10H,2-6H2,1H3,(H,20,21). The fourth-order valence-corrected chi connectivity index (χ4v) is 5.16. The van der Waals surface area contributed by atoms with E-state index in [4.69, 9.17) is 0 Å². The minimum absolute atomic E-state index is 0.324. The molecule has 0 spiro atoms. The monoisotopic (exact) mass is 343 g/mol. The van der Waals surface area contributed by atoms with Gasteiger partial charge >= 0.3 is 5.97 Å². The molecule has 2 aromatic rings. The summed E-state index contributed by atoms with van der Waals surface area (Å²) >= 11 is 3.08. The summed E-state index contributed by atoms with van der Waals surface area (Å²) in [6.45, 7) is 2.16. The van der Waals surface area contributed by atoms with Crippen LogP contribution in [0.5, 0.6) is 0 Å². The highest BCUT2D eigenvalue weighted by atomic mass is 32.1. The van der Waals surface area contributed by atoms with E-state index in [1.807, 2.05) is 11.4 Å². The molecule has 23 heavy (non-hydrogen) atoms. The third kappa shape index (κ3) is 2.73. The molecular weight excluding hydrogens is 326 g/mol. The van der Waals surface area contributed by atoms with Gasteiger partial charge in [-0.25, -0.2) is 4.79 Å². The van der Waals surface area contributed by atoms with Crippen LogP contribution in [0.2, 0.25) is 0 Å². The highest BCUT2D eigenvalue weighted by Gasteiger charge is 2.33. The lowest BCUT2D eigenvalue weighted by molar-refractivity contribution is 0.0697. The first-order chi connectivity index (χ1) is 11.2. The van der Waals surface area contributed by atoms with Crippen LogP contribution in [0.4, 0.5) is 0 Å². The van der Waals surface area contributed by atoms with E-state index in [2.05, 4.69) is 13.0 Å². The minimum Gasteiger partial charge on any atom is -0.478 e. The smallest absolute Gasteiger partial charge is 0.337 e. The van der Waals surface area contributed by atoms with E-state index in [1.54, 1.807) is 16.7 Å². The Balaban J connectivity index is 2.08. The number of fused-ring (bicyclic) bond motifs is 3. The molecule has 0 amide bonds. The van der Waals surface area contributed by atoms with Gasteiger partial charge in [-0.2, -0.15) is 5.26 Å². The van der Waals surface area contributed by atoms with Crippen molar-refractivity contribution in [2.45, 2.75) is 39.0 Å². The summed E-state index contributed by atoms with van der Waals surface area (Å²) in [6.07, 6.45) is 5.12. The summed E-state index contributed by atoms with van der Waals surface area (Å²) in [4.78, 5) is 13.7. The van der Waals surface area contributed by atoms with Crippen LogP contribution in [-0.4, -0.2) is 11.1 Å². The van der Waals surface area contributed by atoms with E-state index in [1.165, 1.54) is 17.8 Å². The summed E-state index contributed by atoms with van der Waals surface area (Å²) in [5.41, 5.74) is 3.70. The van der Waals surface area contributed by atoms with Crippen molar-refractivity contribution >= 4 is 34.2 Å². The first-order valence-corrected chi connectivity index (χ1v) is 9.51. The zero-order valence-corrected chi connectivity index (χ0v) is 14.5. The maximum absolute atomic E-state index is 11.6. The van der Waals surface area contributed by atoms with Gasteiger partial charge in [-0.3, -0.25) is 0 Å². The maximum atomic E-state index is 11.6. The lowest BCUT2D eigenvalue weighted by atomic mass is 9.94. The van der Waals surface area contributed by atoms with Gasteiger partial charge in [-0.05, 0) is 24.3 Å². The number of unbranched alkanes of at least 4 members (excludes halogenated alkanes) is 3. The molecule has 0 bridgehead atoms. The van der Waals surface area contributed by atoms with Gasteiger partial charge in [-0.1, -0.05) is 26.2 Å². The molecule has 0 radical (unpaired) electrons. The van der Waals surface area contributed by atoms with Crippen LogP contribution < -0.4 is 0 Å². The fourth-order valence-electron chi connectivity index (χ4n) is 3.03. The summed E-state index contributed by atoms with van der Waals surface area (Å²) in [6, 6.07) is 4.36. The summed E-state index contributed by atoms with van der Waals surface area (Å²) < 4.78 is 0. The SMILES string of the molecule is CCCCCCC(C#N)=C1c2ccsc2-c2scc(C(=O)O)c21. The lowest BCUT2D eigenvalue weighted by Crippen LogP contribution is -1.99. The van der Waals surface area contributed by atoms with Gasteiger partial charge in [0.1, 0.15) is 0 Å². The number of nitriles is 1. The second-order valence-corrected chi connectivity index (χ2v) is 7.39. The highest BCUT2D eigenvalue weighted by molar-refractivity contribution is 7.21. The molecular formula is C18H17NO2S2. The van der Waals surface area contributed by atoms with Gasteiger partial charge in [0, 0.05) is 27.7 Å². The largest absolute Gasteiger partial charge is 0.478 e. The molecule has 0 atom stereocenters. The van der Waals surface area contributed by atoms with E-state index in [0.29, 0.717) is 5.56 Å². The number of aromatic carboxylic acids is 1. The molecule has 1 aliphatic rings. The number of nitrogens with zero attached hydrogens (tertiary/aromatic N) is 1. The zero-order chi connectivity index (χ0) is 16.4. The normalized spacial score (nSPS) is 14.3. The van der Waals surface area contributed by atoms with Gasteiger partial charge in [0.25, 0.3) is 0 Å². The molecule has 0 saturated carbocycles. The van der Waals surface area contributed by atoms with Crippen molar-refractivity contribution in [2.24, 2.45) is 0 Å². The molecule has 2 aromatic heterocycles. The van der Waals surface area contributed by atoms with Crippen LogP contribution in [0.1, 0.15) is 60.5 Å². The zero-order valence-electron chi connectivity index (χ0n) is 12.9. The number of thiophene rings is 2. The number of rotatable bonds is 6. The Morgan fingerprint density at radius 2 is 2.09 bits per heavy atom. The molecule has 2 heterocycles. The number of carboxylic acid groups (broad SMARTS) is 1. The van der Waals surface area contributed by atoms with Crippen LogP contribution in [0.15, 0.2) is 22.4 Å². The average Bonchev–Trinajstić information content (AvgIpc) is 3.20. The molecule has 1 N–H and O–H groups in total. The van der Waals surface area contributed by atoms with Crippen molar-refractivity contribution in [1.82, 2.24) is 0 Å². The Labute approximate surface area is 143 Å². The molecule has 0 saturated heterocycles. The highest BCUT2D eigenvalue weighted by Crippen LogP contribution is 2.53. The molecule has 3 rings (SSSR count). The van der Waals surface area contributed by atoms with E-state index in [-0.39, 0.29) is 0 Å². The van der Waals surface area contributed by atoms with E-state index < -0.39 is 5.97 Å². The summed E-state index contributed by atoms with van der Waals surface area (Å²) in [5.74, 6) is -0.918. The van der Waals surface area contributed by atoms with E-state index in [0.717, 1.165) is 57.7 Å². The molecule has 3 nitrogen and oxygen atoms in total. The molecule has 0 aromatic carbocycles. The topological polar surface area (TPSA) is 61.1 Å². The van der Waals surface area contributed by atoms with Crippen molar-refractivity contribution in [3.05, 3.63) is 39.1 Å². The Hall–Kier alpha value is -1.90. The van der Waals surface area contributed by atoms with Crippen LogP contribution in [0.3, 0.4) is 0 Å². The van der Waals surface area contributed by atoms with Gasteiger partial charge in [0.05, 0.1) is 21.4 Å². The molecule has 0 fully saturated rings. The first kappa shape index (κ1) is 16.0. The van der Waals surface area contributed by atoms with Crippen LogP contribution in [-0.2, 0) is 0 Å². The average molecular weight is 343 g/mol. The molecule has 5 heteroatoms. The molecule has 0 aliphatic heterocycles. The van der Waals surface area contributed by atoms with Crippen molar-refractivity contribution in [3.8, 4) is 15.8 Å². The Bertz CT molecular complexity index is 820. The Morgan fingerprint density at radius 3 is 2.78 bits per heavy atom. The number of hydrogen-bond donors (Lipinski definition) is 1.